The molecule has 0 unspecified atom stereocenters. The third-order valence-electron chi connectivity index (χ3n) is 2.57. The first kappa shape index (κ1) is 13.8. The molecule has 0 atom stereocenters. The second-order valence-corrected chi connectivity index (χ2v) is 5.39. The first-order valence-corrected chi connectivity index (χ1v) is 7.40. The molecule has 0 aliphatic rings. The Morgan fingerprint density at radius 3 is 2.79 bits per heavy atom. The lowest BCUT2D eigenvalue weighted by atomic mass is 10.4. The van der Waals surface area contributed by atoms with Gasteiger partial charge in [-0.3, -0.25) is 0 Å². The fourth-order valence-electron chi connectivity index (χ4n) is 1.59. The number of aryl methyl sites for hydroxylation is 1. The highest BCUT2D eigenvalue weighted by atomic mass is 32.1. The number of hydrogen-bond donors (Lipinski definition) is 1. The van der Waals surface area contributed by atoms with Crippen molar-refractivity contribution in [1.82, 2.24) is 9.97 Å². The van der Waals surface area contributed by atoms with Crippen LogP contribution in [-0.2, 0) is 13.0 Å². The number of aromatic nitrogens is 2. The molecule has 2 aromatic heterocycles. The Morgan fingerprint density at radius 1 is 1.21 bits per heavy atom. The van der Waals surface area contributed by atoms with Gasteiger partial charge in [0.1, 0.15) is 0 Å². The summed E-state index contributed by atoms with van der Waals surface area (Å²) in [5.74, 6) is 1.24. The van der Waals surface area contributed by atoms with E-state index in [1.165, 1.54) is 9.75 Å². The van der Waals surface area contributed by atoms with Gasteiger partial charge in [-0.25, -0.2) is 4.98 Å². The maximum absolute atomic E-state index is 5.48. The van der Waals surface area contributed by atoms with E-state index in [1.807, 2.05) is 11.3 Å². The second-order valence-electron chi connectivity index (χ2n) is 4.14. The van der Waals surface area contributed by atoms with Crippen molar-refractivity contribution in [2.75, 3.05) is 11.9 Å². The molecule has 4 nitrogen and oxygen atoms in total. The molecule has 2 heterocycles. The summed E-state index contributed by atoms with van der Waals surface area (Å²) in [7, 11) is 0. The number of thiophene rings is 1. The van der Waals surface area contributed by atoms with E-state index in [0.717, 1.165) is 19.4 Å². The van der Waals surface area contributed by atoms with Gasteiger partial charge < -0.3 is 10.1 Å². The van der Waals surface area contributed by atoms with Crippen molar-refractivity contribution in [3.8, 4) is 5.88 Å². The Balaban J connectivity index is 1.91. The number of ether oxygens (including phenoxy) is 1. The zero-order valence-corrected chi connectivity index (χ0v) is 12.2. The third-order valence-corrected chi connectivity index (χ3v) is 3.80. The van der Waals surface area contributed by atoms with E-state index in [2.05, 4.69) is 41.3 Å². The molecule has 0 saturated heterocycles. The Labute approximate surface area is 117 Å². The highest BCUT2D eigenvalue weighted by Crippen LogP contribution is 2.18. The van der Waals surface area contributed by atoms with E-state index >= 15 is 0 Å². The van der Waals surface area contributed by atoms with Gasteiger partial charge in [0.15, 0.2) is 0 Å². The van der Waals surface area contributed by atoms with Crippen molar-refractivity contribution < 1.29 is 4.74 Å². The average molecular weight is 277 g/mol. The second kappa shape index (κ2) is 7.09. The monoisotopic (exact) mass is 277 g/mol. The first-order valence-electron chi connectivity index (χ1n) is 6.59. The van der Waals surface area contributed by atoms with Gasteiger partial charge in [0.05, 0.1) is 13.2 Å². The van der Waals surface area contributed by atoms with Gasteiger partial charge in [-0.1, -0.05) is 13.8 Å². The van der Waals surface area contributed by atoms with E-state index in [0.29, 0.717) is 18.4 Å². The smallest absolute Gasteiger partial charge is 0.226 e. The molecule has 5 heteroatoms. The van der Waals surface area contributed by atoms with E-state index in [9.17, 15) is 0 Å². The predicted octanol–water partition coefficient (Wildman–Crippen LogP) is 3.50. The maximum atomic E-state index is 5.48. The lowest BCUT2D eigenvalue weighted by molar-refractivity contribution is 0.305. The van der Waals surface area contributed by atoms with Gasteiger partial charge in [0.2, 0.25) is 11.8 Å². The van der Waals surface area contributed by atoms with Gasteiger partial charge in [-0.15, -0.1) is 11.3 Å². The number of hydrogen-bond acceptors (Lipinski definition) is 5. The van der Waals surface area contributed by atoms with Gasteiger partial charge in [-0.2, -0.15) is 4.98 Å². The Bertz CT molecular complexity index is 513. The van der Waals surface area contributed by atoms with Crippen molar-refractivity contribution in [2.45, 2.75) is 33.2 Å². The number of nitrogens with zero attached hydrogens (tertiary/aromatic N) is 2. The fourth-order valence-corrected chi connectivity index (χ4v) is 2.49. The van der Waals surface area contributed by atoms with Crippen LogP contribution in [-0.4, -0.2) is 16.6 Å². The van der Waals surface area contributed by atoms with Gasteiger partial charge in [0.25, 0.3) is 0 Å². The highest BCUT2D eigenvalue weighted by molar-refractivity contribution is 7.12. The molecule has 0 bridgehead atoms. The summed E-state index contributed by atoms with van der Waals surface area (Å²) in [5, 5.41) is 3.22. The zero-order chi connectivity index (χ0) is 13.5. The summed E-state index contributed by atoms with van der Waals surface area (Å²) in [4.78, 5) is 11.2. The van der Waals surface area contributed by atoms with Gasteiger partial charge in [-0.05, 0) is 25.0 Å². The van der Waals surface area contributed by atoms with Crippen LogP contribution in [0, 0.1) is 0 Å². The van der Waals surface area contributed by atoms with E-state index in [-0.39, 0.29) is 0 Å². The van der Waals surface area contributed by atoms with Gasteiger partial charge in [0, 0.05) is 22.0 Å². The lowest BCUT2D eigenvalue weighted by Gasteiger charge is -2.06. The van der Waals surface area contributed by atoms with Crippen molar-refractivity contribution in [2.24, 2.45) is 0 Å². The summed E-state index contributed by atoms with van der Waals surface area (Å²) in [6.07, 6.45) is 3.77. The number of rotatable bonds is 7. The minimum absolute atomic E-state index is 0.611. The van der Waals surface area contributed by atoms with Crippen molar-refractivity contribution in [3.63, 3.8) is 0 Å². The topological polar surface area (TPSA) is 47.0 Å². The highest BCUT2D eigenvalue weighted by Gasteiger charge is 2.02. The quantitative estimate of drug-likeness (QED) is 0.841. The summed E-state index contributed by atoms with van der Waals surface area (Å²) >= 11 is 1.82. The number of nitrogens with one attached hydrogen (secondary N) is 1. The number of anilines is 1. The summed E-state index contributed by atoms with van der Waals surface area (Å²) in [5.41, 5.74) is 0. The molecule has 2 rings (SSSR count). The van der Waals surface area contributed by atoms with E-state index < -0.39 is 0 Å². The molecule has 1 N–H and O–H groups in total. The molecule has 2 aromatic rings. The molecule has 0 fully saturated rings. The summed E-state index contributed by atoms with van der Waals surface area (Å²) in [6.45, 7) is 5.67. The lowest BCUT2D eigenvalue weighted by Crippen LogP contribution is -2.04. The molecule has 0 aliphatic heterocycles. The van der Waals surface area contributed by atoms with Crippen LogP contribution in [0.4, 0.5) is 5.95 Å². The summed E-state index contributed by atoms with van der Waals surface area (Å²) in [6, 6.07) is 6.10. The molecular formula is C14H19N3OS. The normalized spacial score (nSPS) is 10.4. The van der Waals surface area contributed by atoms with Crippen LogP contribution in [0.25, 0.3) is 0 Å². The molecule has 0 amide bonds. The molecule has 0 radical (unpaired) electrons. The average Bonchev–Trinajstić information content (AvgIpc) is 2.91. The van der Waals surface area contributed by atoms with E-state index in [4.69, 9.17) is 4.74 Å². The SMILES string of the molecule is CCCOc1ccnc(NCc2ccc(CC)s2)n1. The molecule has 0 saturated carbocycles. The van der Waals surface area contributed by atoms with E-state index in [1.54, 1.807) is 12.3 Å². The Kier molecular flexibility index (Phi) is 5.15. The van der Waals surface area contributed by atoms with Crippen LogP contribution < -0.4 is 10.1 Å². The van der Waals surface area contributed by atoms with Crippen LogP contribution in [0.1, 0.15) is 30.0 Å². The summed E-state index contributed by atoms with van der Waals surface area (Å²) < 4.78 is 5.48. The zero-order valence-electron chi connectivity index (χ0n) is 11.3. The molecule has 19 heavy (non-hydrogen) atoms. The van der Waals surface area contributed by atoms with Gasteiger partial charge >= 0.3 is 0 Å². The van der Waals surface area contributed by atoms with Crippen LogP contribution in [0.2, 0.25) is 0 Å². The minimum Gasteiger partial charge on any atom is -0.478 e. The predicted molar refractivity (Wildman–Crippen MR) is 78.8 cm³/mol. The Hall–Kier alpha value is -1.62. The van der Waals surface area contributed by atoms with Crippen molar-refractivity contribution in [1.29, 1.82) is 0 Å². The standard InChI is InChI=1S/C14H19N3OS/c1-3-9-18-13-7-8-15-14(17-13)16-10-12-6-5-11(4-2)19-12/h5-8H,3-4,9-10H2,1-2H3,(H,15,16,17). The molecule has 0 spiro atoms. The first-order chi connectivity index (χ1) is 9.31. The largest absolute Gasteiger partial charge is 0.478 e. The van der Waals surface area contributed by atoms with Crippen LogP contribution in [0.3, 0.4) is 0 Å². The van der Waals surface area contributed by atoms with Crippen LogP contribution >= 0.6 is 11.3 Å². The molecular weight excluding hydrogens is 258 g/mol. The molecule has 0 aromatic carbocycles. The van der Waals surface area contributed by atoms with Crippen molar-refractivity contribution in [3.05, 3.63) is 34.2 Å². The Morgan fingerprint density at radius 2 is 2.05 bits per heavy atom. The van der Waals surface area contributed by atoms with Crippen molar-refractivity contribution >= 4 is 17.3 Å². The molecule has 102 valence electrons. The van der Waals surface area contributed by atoms with Crippen LogP contribution in [0.5, 0.6) is 5.88 Å². The third kappa shape index (κ3) is 4.21. The molecule has 0 aliphatic carbocycles. The van der Waals surface area contributed by atoms with Crippen LogP contribution in [0.15, 0.2) is 24.4 Å². The fraction of sp³-hybridized carbons (Fsp3) is 0.429. The minimum atomic E-state index is 0.611. The maximum Gasteiger partial charge on any atom is 0.226 e.